The number of nitrogens with one attached hydrogen (secondary N) is 2. The highest BCUT2D eigenvalue weighted by Crippen LogP contribution is 2.67. The van der Waals surface area contributed by atoms with Crippen LogP contribution >= 0.6 is 24.0 Å². The fraction of sp³-hybridized carbons (Fsp3) is 0.440. The Morgan fingerprint density at radius 2 is 1.88 bits per heavy atom. The molecule has 4 aliphatic rings. The van der Waals surface area contributed by atoms with E-state index in [1.54, 1.807) is 12.1 Å². The van der Waals surface area contributed by atoms with Gasteiger partial charge < -0.3 is 10.6 Å². The van der Waals surface area contributed by atoms with E-state index < -0.39 is 4.92 Å². The second kappa shape index (κ2) is 8.72. The predicted molar refractivity (Wildman–Crippen MR) is 134 cm³/mol. The van der Waals surface area contributed by atoms with Crippen molar-refractivity contribution in [1.82, 2.24) is 10.6 Å². The number of nitrogens with zero attached hydrogens (tertiary/aromatic N) is 1. The molecule has 0 aromatic heterocycles. The van der Waals surface area contributed by atoms with Gasteiger partial charge in [-0.2, -0.15) is 0 Å². The van der Waals surface area contributed by atoms with E-state index in [2.05, 4.69) is 41.0 Å². The molecule has 0 aliphatic heterocycles. The van der Waals surface area contributed by atoms with E-state index in [1.165, 1.54) is 42.3 Å². The lowest BCUT2D eigenvalue weighted by Crippen LogP contribution is -2.53. The molecule has 172 valence electrons. The molecule has 6 rings (SSSR count). The lowest BCUT2D eigenvalue weighted by Gasteiger charge is -2.42. The van der Waals surface area contributed by atoms with Gasteiger partial charge >= 0.3 is 0 Å². The Labute approximate surface area is 203 Å². The Bertz CT molecular complexity index is 1080. The van der Waals surface area contributed by atoms with Crippen LogP contribution in [0.15, 0.2) is 54.6 Å². The Morgan fingerprint density at radius 1 is 1.12 bits per heavy atom. The van der Waals surface area contributed by atoms with Gasteiger partial charge in [-0.3, -0.25) is 14.9 Å². The maximum atomic E-state index is 12.8. The number of hydrogen-bond acceptors (Lipinski definition) is 5. The summed E-state index contributed by atoms with van der Waals surface area (Å²) in [6.45, 7) is 0.168. The second-order valence-corrected chi connectivity index (χ2v) is 11.4. The van der Waals surface area contributed by atoms with Gasteiger partial charge in [0.1, 0.15) is 4.32 Å². The van der Waals surface area contributed by atoms with Gasteiger partial charge in [-0.1, -0.05) is 66.4 Å². The topological polar surface area (TPSA) is 84.3 Å². The lowest BCUT2D eigenvalue weighted by molar-refractivity contribution is -0.384. The van der Waals surface area contributed by atoms with Crippen molar-refractivity contribution in [1.29, 1.82) is 0 Å². The average Bonchev–Trinajstić information content (AvgIpc) is 3.19. The van der Waals surface area contributed by atoms with Gasteiger partial charge in [0.2, 0.25) is 5.91 Å². The number of benzene rings is 2. The first-order valence-corrected chi connectivity index (χ1v) is 12.8. The van der Waals surface area contributed by atoms with Crippen molar-refractivity contribution < 1.29 is 9.72 Å². The minimum atomic E-state index is -0.411. The third-order valence-electron chi connectivity index (χ3n) is 7.69. The minimum absolute atomic E-state index is 0.00144. The van der Waals surface area contributed by atoms with Gasteiger partial charge in [-0.05, 0) is 55.1 Å². The summed E-state index contributed by atoms with van der Waals surface area (Å²) in [5.41, 5.74) is 2.59. The first-order valence-electron chi connectivity index (χ1n) is 11.4. The van der Waals surface area contributed by atoms with Crippen LogP contribution in [0.2, 0.25) is 0 Å². The number of non-ortho nitro benzene ring substituents is 1. The molecule has 33 heavy (non-hydrogen) atoms. The first kappa shape index (κ1) is 22.3. The van der Waals surface area contributed by atoms with Crippen LogP contribution in [0.5, 0.6) is 0 Å². The molecule has 2 aromatic rings. The van der Waals surface area contributed by atoms with Gasteiger partial charge in [0.05, 0.1) is 11.5 Å². The molecule has 0 radical (unpaired) electrons. The Morgan fingerprint density at radius 3 is 2.61 bits per heavy atom. The first-order chi connectivity index (χ1) is 15.9. The number of rotatable bonds is 7. The average molecular weight is 482 g/mol. The van der Waals surface area contributed by atoms with Crippen molar-refractivity contribution in [2.45, 2.75) is 48.8 Å². The molecule has 4 fully saturated rings. The van der Waals surface area contributed by atoms with E-state index >= 15 is 0 Å². The zero-order chi connectivity index (χ0) is 23.1. The number of nitro benzene ring substituents is 1. The fourth-order valence-electron chi connectivity index (χ4n) is 6.68. The number of thioether (sulfide) groups is 1. The molecule has 4 atom stereocenters. The summed E-state index contributed by atoms with van der Waals surface area (Å²) in [5, 5.41) is 17.2. The third-order valence-corrected chi connectivity index (χ3v) is 9.07. The summed E-state index contributed by atoms with van der Waals surface area (Å²) in [6.07, 6.45) is 5.73. The van der Waals surface area contributed by atoms with E-state index in [-0.39, 0.29) is 29.1 Å². The smallest absolute Gasteiger partial charge is 0.269 e. The van der Waals surface area contributed by atoms with Crippen LogP contribution in [0.4, 0.5) is 5.69 Å². The van der Waals surface area contributed by atoms with E-state index in [9.17, 15) is 14.9 Å². The standard InChI is InChI=1S/C25H27N3O3S2/c29-22(14-26-23(32)33-15-17-6-8-21(9-7-17)28(30)31)27-24-11-18-10-20(13-24)25(12-18,16-24)19-4-2-1-3-5-19/h1-9,18,20H,10-16H2,(H,26,32)(H,27,29). The number of thiocarbonyl (C=S) groups is 1. The predicted octanol–water partition coefficient (Wildman–Crippen LogP) is 4.72. The van der Waals surface area contributed by atoms with Crippen LogP contribution in [0.1, 0.15) is 43.2 Å². The molecule has 0 heterocycles. The van der Waals surface area contributed by atoms with Crippen LogP contribution in [-0.2, 0) is 16.0 Å². The van der Waals surface area contributed by atoms with Gasteiger partial charge in [0, 0.05) is 28.8 Å². The minimum Gasteiger partial charge on any atom is -0.362 e. The summed E-state index contributed by atoms with van der Waals surface area (Å²) in [4.78, 5) is 23.2. The Hall–Kier alpha value is -2.45. The van der Waals surface area contributed by atoms with Crippen LogP contribution in [-0.4, -0.2) is 27.2 Å². The molecule has 0 saturated heterocycles. The van der Waals surface area contributed by atoms with Gasteiger partial charge in [0.15, 0.2) is 0 Å². The molecular formula is C25H27N3O3S2. The van der Waals surface area contributed by atoms with Crippen molar-refractivity contribution in [2.24, 2.45) is 11.8 Å². The van der Waals surface area contributed by atoms with E-state index in [0.29, 0.717) is 21.9 Å². The molecule has 0 spiro atoms. The van der Waals surface area contributed by atoms with Crippen molar-refractivity contribution in [3.63, 3.8) is 0 Å². The van der Waals surface area contributed by atoms with E-state index in [4.69, 9.17) is 12.2 Å². The summed E-state index contributed by atoms with van der Waals surface area (Å²) in [6, 6.07) is 17.3. The van der Waals surface area contributed by atoms with Gasteiger partial charge in [-0.15, -0.1) is 0 Å². The molecule has 8 heteroatoms. The summed E-state index contributed by atoms with van der Waals surface area (Å²) >= 11 is 6.80. The maximum absolute atomic E-state index is 12.8. The number of amides is 1. The number of nitro groups is 1. The lowest BCUT2D eigenvalue weighted by atomic mass is 9.69. The fourth-order valence-corrected chi connectivity index (χ4v) is 7.59. The number of carbonyl (C=O) groups is 1. The summed E-state index contributed by atoms with van der Waals surface area (Å²) < 4.78 is 0.553. The quantitative estimate of drug-likeness (QED) is 0.338. The monoisotopic (exact) mass is 481 g/mol. The van der Waals surface area contributed by atoms with Crippen LogP contribution in [0.25, 0.3) is 0 Å². The molecular weight excluding hydrogens is 454 g/mol. The van der Waals surface area contributed by atoms with E-state index in [0.717, 1.165) is 24.8 Å². The third kappa shape index (κ3) is 4.38. The van der Waals surface area contributed by atoms with Crippen molar-refractivity contribution in [2.75, 3.05) is 6.54 Å². The summed E-state index contributed by atoms with van der Waals surface area (Å²) in [7, 11) is 0. The van der Waals surface area contributed by atoms with E-state index in [1.807, 2.05) is 0 Å². The Balaban J connectivity index is 1.13. The van der Waals surface area contributed by atoms with Crippen LogP contribution in [0, 0.1) is 22.0 Å². The van der Waals surface area contributed by atoms with Crippen LogP contribution < -0.4 is 10.6 Å². The molecule has 1 amide bonds. The highest BCUT2D eigenvalue weighted by atomic mass is 32.2. The molecule has 6 nitrogen and oxygen atoms in total. The molecule has 2 aromatic carbocycles. The number of hydrogen-bond donors (Lipinski definition) is 2. The zero-order valence-corrected chi connectivity index (χ0v) is 19.9. The largest absolute Gasteiger partial charge is 0.362 e. The Kier molecular flexibility index (Phi) is 5.91. The summed E-state index contributed by atoms with van der Waals surface area (Å²) in [5.74, 6) is 1.95. The SMILES string of the molecule is O=C(CNC(=S)SCc1ccc([N+](=O)[O-])cc1)NC12CC3CC(C1)C(c1ccccc1)(C3)C2. The molecule has 4 saturated carbocycles. The van der Waals surface area contributed by atoms with Crippen LogP contribution in [0.3, 0.4) is 0 Å². The highest BCUT2D eigenvalue weighted by molar-refractivity contribution is 8.22. The number of carbonyl (C=O) groups excluding carboxylic acids is 1. The highest BCUT2D eigenvalue weighted by Gasteiger charge is 2.64. The molecule has 4 unspecified atom stereocenters. The molecule has 2 N–H and O–H groups in total. The van der Waals surface area contributed by atoms with Gasteiger partial charge in [0.25, 0.3) is 5.69 Å². The molecule has 4 aliphatic carbocycles. The molecule has 4 bridgehead atoms. The van der Waals surface area contributed by atoms with Crippen molar-refractivity contribution >= 4 is 39.9 Å². The zero-order valence-electron chi connectivity index (χ0n) is 18.3. The van der Waals surface area contributed by atoms with Gasteiger partial charge in [-0.25, -0.2) is 0 Å². The van der Waals surface area contributed by atoms with Crippen molar-refractivity contribution in [3.8, 4) is 0 Å². The van der Waals surface area contributed by atoms with Crippen molar-refractivity contribution in [3.05, 3.63) is 75.8 Å². The normalized spacial score (nSPS) is 29.1. The second-order valence-electron chi connectivity index (χ2n) is 9.79. The maximum Gasteiger partial charge on any atom is 0.269 e.